The van der Waals surface area contributed by atoms with Crippen LogP contribution in [-0.2, 0) is 10.0 Å². The number of sulfonamides is 1. The Morgan fingerprint density at radius 2 is 1.71 bits per heavy atom. The summed E-state index contributed by atoms with van der Waals surface area (Å²) in [5.41, 5.74) is 0.651. The molecule has 3 aromatic rings. The van der Waals surface area contributed by atoms with Crippen LogP contribution in [0.1, 0.15) is 0 Å². The lowest BCUT2D eigenvalue weighted by atomic mass is 10.1. The van der Waals surface area contributed by atoms with Gasteiger partial charge in [-0.05, 0) is 51.0 Å². The summed E-state index contributed by atoms with van der Waals surface area (Å²) < 4.78 is 27.6. The molecule has 0 N–H and O–H groups in total. The maximum atomic E-state index is 12.6. The first-order valence-corrected chi connectivity index (χ1v) is 9.26. The third-order valence-corrected chi connectivity index (χ3v) is 7.14. The van der Waals surface area contributed by atoms with Crippen LogP contribution in [0.15, 0.2) is 62.6 Å². The number of hydrogen-bond acceptors (Lipinski definition) is 3. The zero-order valence-electron chi connectivity index (χ0n) is 11.2. The minimum atomic E-state index is -3.52. The molecule has 0 amide bonds. The lowest BCUT2D eigenvalue weighted by Crippen LogP contribution is -2.25. The van der Waals surface area contributed by atoms with Crippen LogP contribution in [0.3, 0.4) is 0 Å². The Labute approximate surface area is 136 Å². The van der Waals surface area contributed by atoms with E-state index in [1.807, 2.05) is 42.5 Å². The lowest BCUT2D eigenvalue weighted by Gasteiger charge is -2.18. The minimum absolute atomic E-state index is 0.324. The lowest BCUT2D eigenvalue weighted by molar-refractivity contribution is 0.596. The Morgan fingerprint density at radius 1 is 1.00 bits per heavy atom. The second-order valence-corrected chi connectivity index (χ2v) is 9.22. The number of thiophene rings is 1. The van der Waals surface area contributed by atoms with Crippen molar-refractivity contribution in [1.29, 1.82) is 0 Å². The van der Waals surface area contributed by atoms with Crippen LogP contribution in [0.5, 0.6) is 0 Å². The monoisotopic (exact) mass is 381 g/mol. The Kier molecular flexibility index (Phi) is 3.77. The predicted octanol–water partition coefficient (Wildman–Crippen LogP) is 4.49. The molecule has 0 radical (unpaired) electrons. The zero-order chi connectivity index (χ0) is 15.0. The maximum absolute atomic E-state index is 12.6. The molecule has 1 heterocycles. The normalized spacial score (nSPS) is 11.7. The summed E-state index contributed by atoms with van der Waals surface area (Å²) in [6, 6.07) is 16.9. The van der Waals surface area contributed by atoms with E-state index in [0.29, 0.717) is 9.90 Å². The Hall–Kier alpha value is -1.37. The number of rotatable bonds is 3. The second kappa shape index (κ2) is 5.44. The molecule has 0 spiro atoms. The van der Waals surface area contributed by atoms with Gasteiger partial charge in [-0.15, -0.1) is 11.3 Å². The standard InChI is InChI=1S/C15H12BrNO2S2/c1-17(21(18,19)15-9-8-14(16)20-15)13-7-6-11-4-2-3-5-12(11)10-13/h2-10H,1H3. The van der Waals surface area contributed by atoms with Crippen LogP contribution < -0.4 is 4.31 Å². The van der Waals surface area contributed by atoms with Gasteiger partial charge in [-0.1, -0.05) is 30.3 Å². The van der Waals surface area contributed by atoms with Crippen molar-refractivity contribution in [2.75, 3.05) is 11.4 Å². The van der Waals surface area contributed by atoms with Gasteiger partial charge in [0.15, 0.2) is 0 Å². The number of hydrogen-bond donors (Lipinski definition) is 0. The molecule has 0 saturated heterocycles. The highest BCUT2D eigenvalue weighted by Gasteiger charge is 2.23. The van der Waals surface area contributed by atoms with E-state index >= 15 is 0 Å². The summed E-state index contributed by atoms with van der Waals surface area (Å²) in [6.45, 7) is 0. The predicted molar refractivity (Wildman–Crippen MR) is 91.6 cm³/mol. The highest BCUT2D eigenvalue weighted by atomic mass is 79.9. The molecular weight excluding hydrogens is 370 g/mol. The van der Waals surface area contributed by atoms with Gasteiger partial charge in [0, 0.05) is 7.05 Å². The molecular formula is C15H12BrNO2S2. The van der Waals surface area contributed by atoms with Gasteiger partial charge in [0.2, 0.25) is 0 Å². The van der Waals surface area contributed by atoms with Crippen molar-refractivity contribution in [2.45, 2.75) is 4.21 Å². The van der Waals surface area contributed by atoms with Crippen molar-refractivity contribution in [3.8, 4) is 0 Å². The first-order valence-electron chi connectivity index (χ1n) is 6.21. The number of anilines is 1. The molecule has 108 valence electrons. The van der Waals surface area contributed by atoms with Gasteiger partial charge in [-0.3, -0.25) is 4.31 Å². The van der Waals surface area contributed by atoms with Crippen LogP contribution in [-0.4, -0.2) is 15.5 Å². The molecule has 0 aliphatic carbocycles. The zero-order valence-corrected chi connectivity index (χ0v) is 14.4. The van der Waals surface area contributed by atoms with Crippen LogP contribution >= 0.6 is 27.3 Å². The fourth-order valence-corrected chi connectivity index (χ4v) is 5.45. The van der Waals surface area contributed by atoms with Crippen molar-refractivity contribution in [3.63, 3.8) is 0 Å². The van der Waals surface area contributed by atoms with E-state index < -0.39 is 10.0 Å². The fourth-order valence-electron chi connectivity index (χ4n) is 2.08. The Balaban J connectivity index is 2.05. The van der Waals surface area contributed by atoms with Crippen LogP contribution in [0.25, 0.3) is 10.8 Å². The number of halogens is 1. The molecule has 3 rings (SSSR count). The summed E-state index contributed by atoms with van der Waals surface area (Å²) in [4.78, 5) is 0. The summed E-state index contributed by atoms with van der Waals surface area (Å²) in [5, 5.41) is 2.11. The Bertz CT molecular complexity index is 903. The molecule has 0 atom stereocenters. The number of nitrogens with zero attached hydrogens (tertiary/aromatic N) is 1. The molecule has 0 fully saturated rings. The molecule has 0 aliphatic rings. The molecule has 6 heteroatoms. The molecule has 0 saturated carbocycles. The summed E-state index contributed by atoms with van der Waals surface area (Å²) in [6.07, 6.45) is 0. The SMILES string of the molecule is CN(c1ccc2ccccc2c1)S(=O)(=O)c1ccc(Br)s1. The van der Waals surface area contributed by atoms with E-state index in [0.717, 1.165) is 14.6 Å². The molecule has 0 unspecified atom stereocenters. The first kappa shape index (κ1) is 14.6. The van der Waals surface area contributed by atoms with Crippen molar-refractivity contribution in [3.05, 3.63) is 58.4 Å². The van der Waals surface area contributed by atoms with Gasteiger partial charge in [0.1, 0.15) is 4.21 Å². The molecule has 2 aromatic carbocycles. The average molecular weight is 382 g/mol. The number of benzene rings is 2. The van der Waals surface area contributed by atoms with Crippen LogP contribution in [0.4, 0.5) is 5.69 Å². The van der Waals surface area contributed by atoms with E-state index in [1.165, 1.54) is 15.6 Å². The maximum Gasteiger partial charge on any atom is 0.273 e. The molecule has 21 heavy (non-hydrogen) atoms. The Morgan fingerprint density at radius 3 is 2.38 bits per heavy atom. The smallest absolute Gasteiger partial charge is 0.269 e. The van der Waals surface area contributed by atoms with Crippen molar-refractivity contribution < 1.29 is 8.42 Å². The summed E-state index contributed by atoms with van der Waals surface area (Å²) in [5.74, 6) is 0. The minimum Gasteiger partial charge on any atom is -0.269 e. The van der Waals surface area contributed by atoms with Gasteiger partial charge < -0.3 is 0 Å². The van der Waals surface area contributed by atoms with E-state index in [4.69, 9.17) is 0 Å². The quantitative estimate of drug-likeness (QED) is 0.670. The van der Waals surface area contributed by atoms with Gasteiger partial charge in [0.05, 0.1) is 9.47 Å². The summed E-state index contributed by atoms with van der Waals surface area (Å²) >= 11 is 4.51. The van der Waals surface area contributed by atoms with Crippen molar-refractivity contribution >= 4 is 53.7 Å². The van der Waals surface area contributed by atoms with Gasteiger partial charge in [-0.25, -0.2) is 8.42 Å². The van der Waals surface area contributed by atoms with E-state index in [2.05, 4.69) is 15.9 Å². The topological polar surface area (TPSA) is 37.4 Å². The van der Waals surface area contributed by atoms with E-state index in [-0.39, 0.29) is 0 Å². The largest absolute Gasteiger partial charge is 0.273 e. The average Bonchev–Trinajstić information content (AvgIpc) is 2.93. The van der Waals surface area contributed by atoms with E-state index in [9.17, 15) is 8.42 Å². The molecule has 0 bridgehead atoms. The van der Waals surface area contributed by atoms with Crippen LogP contribution in [0.2, 0.25) is 0 Å². The third-order valence-electron chi connectivity index (χ3n) is 3.26. The molecule has 3 nitrogen and oxygen atoms in total. The van der Waals surface area contributed by atoms with Gasteiger partial charge in [-0.2, -0.15) is 0 Å². The van der Waals surface area contributed by atoms with Crippen molar-refractivity contribution in [1.82, 2.24) is 0 Å². The van der Waals surface area contributed by atoms with Crippen molar-refractivity contribution in [2.24, 2.45) is 0 Å². The van der Waals surface area contributed by atoms with Crippen LogP contribution in [0, 0.1) is 0 Å². The summed E-state index contributed by atoms with van der Waals surface area (Å²) in [7, 11) is -1.94. The third kappa shape index (κ3) is 2.71. The highest BCUT2D eigenvalue weighted by Crippen LogP contribution is 2.31. The number of fused-ring (bicyclic) bond motifs is 1. The highest BCUT2D eigenvalue weighted by molar-refractivity contribution is 9.11. The molecule has 0 aliphatic heterocycles. The van der Waals surface area contributed by atoms with Gasteiger partial charge >= 0.3 is 0 Å². The first-order chi connectivity index (χ1) is 9.98. The van der Waals surface area contributed by atoms with Gasteiger partial charge in [0.25, 0.3) is 10.0 Å². The van der Waals surface area contributed by atoms with E-state index in [1.54, 1.807) is 19.2 Å². The fraction of sp³-hybridized carbons (Fsp3) is 0.0667. The second-order valence-electron chi connectivity index (χ2n) is 4.56. The molecule has 1 aromatic heterocycles.